The summed E-state index contributed by atoms with van der Waals surface area (Å²) in [6.07, 6.45) is 4.34. The first-order valence-electron chi connectivity index (χ1n) is 12.0. The molecule has 0 aromatic carbocycles. The lowest BCUT2D eigenvalue weighted by atomic mass is 10.1. The zero-order valence-electron chi connectivity index (χ0n) is 21.1. The number of pyridine rings is 3. The number of hydrogen-bond acceptors (Lipinski definition) is 9. The molecule has 0 bridgehead atoms. The molecule has 0 fully saturated rings. The summed E-state index contributed by atoms with van der Waals surface area (Å²) in [4.78, 5) is 34.3. The molecule has 0 aliphatic carbocycles. The van der Waals surface area contributed by atoms with Crippen molar-refractivity contribution in [3.8, 4) is 22.6 Å². The molecule has 0 atom stereocenters. The van der Waals surface area contributed by atoms with Gasteiger partial charge in [0.1, 0.15) is 17.3 Å². The zero-order valence-corrected chi connectivity index (χ0v) is 21.1. The maximum atomic E-state index is 13.6. The van der Waals surface area contributed by atoms with Crippen molar-refractivity contribution < 1.29 is 14.3 Å². The molecule has 0 aliphatic heterocycles. The number of aliphatic hydroxyl groups is 1. The van der Waals surface area contributed by atoms with Gasteiger partial charge in [0.15, 0.2) is 11.6 Å². The van der Waals surface area contributed by atoms with Crippen molar-refractivity contribution in [1.82, 2.24) is 40.4 Å². The summed E-state index contributed by atoms with van der Waals surface area (Å²) in [5.41, 5.74) is 4.86. The van der Waals surface area contributed by atoms with Gasteiger partial charge in [-0.1, -0.05) is 6.07 Å². The summed E-state index contributed by atoms with van der Waals surface area (Å²) in [5, 5.41) is 21.9. The Labute approximate surface area is 222 Å². The largest absolute Gasteiger partial charge is 0.390 e. The maximum absolute atomic E-state index is 13.6. The molecule has 0 saturated heterocycles. The second-order valence-electron chi connectivity index (χ2n) is 8.73. The monoisotopic (exact) mass is 525 g/mol. The van der Waals surface area contributed by atoms with Gasteiger partial charge in [0.25, 0.3) is 5.91 Å². The van der Waals surface area contributed by atoms with Gasteiger partial charge in [-0.2, -0.15) is 5.10 Å². The van der Waals surface area contributed by atoms with Crippen LogP contribution in [0.25, 0.3) is 22.6 Å². The van der Waals surface area contributed by atoms with Gasteiger partial charge in [-0.25, -0.2) is 14.4 Å². The van der Waals surface area contributed by atoms with E-state index in [-0.39, 0.29) is 24.8 Å². The third-order valence-corrected chi connectivity index (χ3v) is 5.77. The lowest BCUT2D eigenvalue weighted by Crippen LogP contribution is -2.23. The van der Waals surface area contributed by atoms with E-state index >= 15 is 0 Å². The molecule has 39 heavy (non-hydrogen) atoms. The Morgan fingerprint density at radius 2 is 1.85 bits per heavy atom. The van der Waals surface area contributed by atoms with Gasteiger partial charge in [-0.05, 0) is 43.7 Å². The van der Waals surface area contributed by atoms with E-state index in [1.54, 1.807) is 43.5 Å². The summed E-state index contributed by atoms with van der Waals surface area (Å²) < 4.78 is 13.6. The van der Waals surface area contributed by atoms with E-state index < -0.39 is 5.82 Å². The number of aryl methyl sites for hydroxylation is 2. The number of carbonyl (C=O) groups excluding carboxylic acids is 1. The molecular weight excluding hydrogens is 501 g/mol. The number of nitrogens with zero attached hydrogens (tertiary/aromatic N) is 6. The molecule has 0 saturated carbocycles. The highest BCUT2D eigenvalue weighted by Crippen LogP contribution is 2.22. The predicted molar refractivity (Wildman–Crippen MR) is 141 cm³/mol. The van der Waals surface area contributed by atoms with E-state index in [1.807, 2.05) is 13.0 Å². The molecule has 5 aromatic heterocycles. The van der Waals surface area contributed by atoms with Crippen molar-refractivity contribution in [2.75, 3.05) is 5.32 Å². The maximum Gasteiger partial charge on any atom is 0.270 e. The molecular formula is C27H24FN9O2. The van der Waals surface area contributed by atoms with Crippen molar-refractivity contribution in [2.45, 2.75) is 27.0 Å². The molecule has 1 amide bonds. The van der Waals surface area contributed by atoms with E-state index in [9.17, 15) is 14.3 Å². The molecule has 11 nitrogen and oxygen atoms in total. The van der Waals surface area contributed by atoms with Gasteiger partial charge < -0.3 is 15.7 Å². The van der Waals surface area contributed by atoms with Crippen LogP contribution in [0.5, 0.6) is 0 Å². The molecule has 196 valence electrons. The SMILES string of the molecule is Cc1cc(Nc2cc(CO)[nH]n2)nc(-c2ccc(C(=O)NCc3ccc(-c4cc(F)cnc4C)nc3)nc2)n1. The molecule has 0 unspecified atom stereocenters. The van der Waals surface area contributed by atoms with Crippen molar-refractivity contribution in [3.05, 3.63) is 95.2 Å². The number of hydrogen-bond donors (Lipinski definition) is 4. The first kappa shape index (κ1) is 25.5. The fraction of sp³-hybridized carbons (Fsp3) is 0.148. The van der Waals surface area contributed by atoms with Crippen molar-refractivity contribution in [2.24, 2.45) is 0 Å². The first-order chi connectivity index (χ1) is 18.9. The highest BCUT2D eigenvalue weighted by atomic mass is 19.1. The van der Waals surface area contributed by atoms with Gasteiger partial charge in [-0.15, -0.1) is 0 Å². The van der Waals surface area contributed by atoms with Crippen molar-refractivity contribution in [3.63, 3.8) is 0 Å². The number of carbonyl (C=O) groups is 1. The fourth-order valence-electron chi connectivity index (χ4n) is 3.79. The molecule has 5 rings (SSSR count). The predicted octanol–water partition coefficient (Wildman–Crippen LogP) is 3.64. The lowest BCUT2D eigenvalue weighted by molar-refractivity contribution is 0.0946. The number of aromatic nitrogens is 7. The van der Waals surface area contributed by atoms with Crippen LogP contribution < -0.4 is 10.6 Å². The molecule has 12 heteroatoms. The second kappa shape index (κ2) is 11.1. The Kier molecular flexibility index (Phi) is 7.28. The Hall–Kier alpha value is -5.10. The van der Waals surface area contributed by atoms with E-state index in [2.05, 4.69) is 45.8 Å². The van der Waals surface area contributed by atoms with Crippen LogP contribution in [0.2, 0.25) is 0 Å². The van der Waals surface area contributed by atoms with E-state index in [0.717, 1.165) is 11.3 Å². The molecule has 0 radical (unpaired) electrons. The third kappa shape index (κ3) is 6.08. The Balaban J connectivity index is 1.22. The number of amides is 1. The number of aromatic amines is 1. The molecule has 4 N–H and O–H groups in total. The second-order valence-corrected chi connectivity index (χ2v) is 8.73. The quantitative estimate of drug-likeness (QED) is 0.238. The van der Waals surface area contributed by atoms with E-state index in [4.69, 9.17) is 0 Å². The average molecular weight is 526 g/mol. The van der Waals surface area contributed by atoms with Crippen molar-refractivity contribution in [1.29, 1.82) is 0 Å². The summed E-state index contributed by atoms with van der Waals surface area (Å²) in [6, 6.07) is 11.8. The summed E-state index contributed by atoms with van der Waals surface area (Å²) in [7, 11) is 0. The smallest absolute Gasteiger partial charge is 0.270 e. The highest BCUT2D eigenvalue weighted by molar-refractivity contribution is 5.92. The molecule has 0 aliphatic rings. The number of anilines is 2. The number of H-pyrrole nitrogens is 1. The van der Waals surface area contributed by atoms with Crippen LogP contribution in [-0.4, -0.2) is 46.1 Å². The summed E-state index contributed by atoms with van der Waals surface area (Å²) >= 11 is 0. The van der Waals surface area contributed by atoms with E-state index in [1.165, 1.54) is 18.5 Å². The minimum absolute atomic E-state index is 0.147. The number of nitrogens with one attached hydrogen (secondary N) is 3. The normalized spacial score (nSPS) is 10.9. The van der Waals surface area contributed by atoms with E-state index in [0.29, 0.717) is 45.7 Å². The first-order valence-corrected chi connectivity index (χ1v) is 12.0. The van der Waals surface area contributed by atoms with Gasteiger partial charge in [0, 0.05) is 53.6 Å². The van der Waals surface area contributed by atoms with Crippen LogP contribution in [0.3, 0.4) is 0 Å². The average Bonchev–Trinajstić information content (AvgIpc) is 3.40. The van der Waals surface area contributed by atoms with Gasteiger partial charge >= 0.3 is 0 Å². The number of halogens is 1. The molecule has 5 aromatic rings. The summed E-state index contributed by atoms with van der Waals surface area (Å²) in [5.74, 6) is 0.703. The van der Waals surface area contributed by atoms with Crippen LogP contribution in [-0.2, 0) is 13.2 Å². The third-order valence-electron chi connectivity index (χ3n) is 5.77. The topological polar surface area (TPSA) is 154 Å². The molecule has 5 heterocycles. The van der Waals surface area contributed by atoms with Crippen molar-refractivity contribution >= 4 is 17.5 Å². The lowest BCUT2D eigenvalue weighted by Gasteiger charge is -2.08. The van der Waals surface area contributed by atoms with Crippen LogP contribution in [0.15, 0.2) is 61.1 Å². The summed E-state index contributed by atoms with van der Waals surface area (Å²) in [6.45, 7) is 3.73. The van der Waals surface area contributed by atoms with Crippen LogP contribution in [0.1, 0.15) is 33.1 Å². The van der Waals surface area contributed by atoms with Crippen LogP contribution in [0.4, 0.5) is 16.0 Å². The minimum Gasteiger partial charge on any atom is -0.390 e. The van der Waals surface area contributed by atoms with Gasteiger partial charge in [0.2, 0.25) is 0 Å². The van der Waals surface area contributed by atoms with Crippen LogP contribution in [0, 0.1) is 19.7 Å². The fourth-order valence-corrected chi connectivity index (χ4v) is 3.79. The zero-order chi connectivity index (χ0) is 27.4. The number of aliphatic hydroxyl groups excluding tert-OH is 1. The Morgan fingerprint density at radius 3 is 2.56 bits per heavy atom. The minimum atomic E-state index is -0.426. The standard InChI is InChI=1S/C27H24FN9O2/c1-15-7-24(34-25-9-20(14-38)36-37-25)35-26(33-15)18-4-6-23(31-12-18)27(39)32-11-17-3-5-22(30-10-17)21-8-19(28)13-29-16(21)2/h3-10,12-13,38H,11,14H2,1-2H3,(H,32,39)(H2,33,34,35,36,37). The van der Waals surface area contributed by atoms with Gasteiger partial charge in [-0.3, -0.25) is 24.8 Å². The Bertz CT molecular complexity index is 1620. The number of rotatable bonds is 8. The van der Waals surface area contributed by atoms with Gasteiger partial charge in [0.05, 0.1) is 24.2 Å². The highest BCUT2D eigenvalue weighted by Gasteiger charge is 2.12. The Morgan fingerprint density at radius 1 is 0.974 bits per heavy atom. The molecule has 0 spiro atoms. The van der Waals surface area contributed by atoms with Crippen LogP contribution >= 0.6 is 0 Å².